The van der Waals surface area contributed by atoms with Crippen molar-refractivity contribution in [2.24, 2.45) is 0 Å². The van der Waals surface area contributed by atoms with Crippen LogP contribution >= 0.6 is 0 Å². The summed E-state index contributed by atoms with van der Waals surface area (Å²) < 4.78 is 4.60. The van der Waals surface area contributed by atoms with Gasteiger partial charge in [0.15, 0.2) is 0 Å². The van der Waals surface area contributed by atoms with E-state index in [4.69, 9.17) is 0 Å². The zero-order valence-electron chi connectivity index (χ0n) is 16.2. The van der Waals surface area contributed by atoms with Crippen LogP contribution in [0.25, 0.3) is 10.8 Å². The first-order valence-corrected chi connectivity index (χ1v) is 9.28. The molecule has 7 heteroatoms. The fourth-order valence-electron chi connectivity index (χ4n) is 3.49. The highest BCUT2D eigenvalue weighted by molar-refractivity contribution is 5.90. The summed E-state index contributed by atoms with van der Waals surface area (Å²) in [6.07, 6.45) is 0.0180. The maximum absolute atomic E-state index is 12.5. The predicted octanol–water partition coefficient (Wildman–Crippen LogP) is 1.16. The van der Waals surface area contributed by atoms with E-state index in [0.29, 0.717) is 19.6 Å². The molecule has 1 saturated heterocycles. The summed E-state index contributed by atoms with van der Waals surface area (Å²) >= 11 is 0. The van der Waals surface area contributed by atoms with Gasteiger partial charge in [-0.05, 0) is 16.3 Å². The van der Waals surface area contributed by atoms with Crippen LogP contribution in [0.2, 0.25) is 0 Å². The Morgan fingerprint density at radius 2 is 1.96 bits per heavy atom. The Balaban J connectivity index is 1.76. The summed E-state index contributed by atoms with van der Waals surface area (Å²) in [5, 5.41) is 5.13. The highest BCUT2D eigenvalue weighted by Crippen LogP contribution is 2.22. The first-order chi connectivity index (χ1) is 13.5. The van der Waals surface area contributed by atoms with Crippen LogP contribution in [0.3, 0.4) is 0 Å². The van der Waals surface area contributed by atoms with Gasteiger partial charge in [0.1, 0.15) is 6.54 Å². The minimum atomic E-state index is -0.569. The quantitative estimate of drug-likeness (QED) is 0.758. The zero-order valence-corrected chi connectivity index (χ0v) is 16.2. The lowest BCUT2D eigenvalue weighted by Gasteiger charge is -2.35. The number of rotatable bonds is 6. The fraction of sp³-hybridized carbons (Fsp3) is 0.381. The molecule has 1 heterocycles. The smallest absolute Gasteiger partial charge is 0.325 e. The van der Waals surface area contributed by atoms with Crippen LogP contribution in [0.5, 0.6) is 0 Å². The van der Waals surface area contributed by atoms with Crippen LogP contribution in [0, 0.1) is 0 Å². The van der Waals surface area contributed by atoms with E-state index >= 15 is 0 Å². The average molecular weight is 383 g/mol. The maximum atomic E-state index is 12.5. The Morgan fingerprint density at radius 1 is 1.21 bits per heavy atom. The third kappa shape index (κ3) is 4.48. The van der Waals surface area contributed by atoms with E-state index in [9.17, 15) is 14.4 Å². The largest absolute Gasteiger partial charge is 0.468 e. The molecule has 0 aliphatic carbocycles. The van der Waals surface area contributed by atoms with Crippen LogP contribution < -0.4 is 5.32 Å². The number of nitrogens with zero attached hydrogens (tertiary/aromatic N) is 2. The van der Waals surface area contributed by atoms with Crippen LogP contribution in [0.1, 0.15) is 12.0 Å². The number of carbonyl (C=O) groups excluding carboxylic acids is 3. The van der Waals surface area contributed by atoms with Crippen LogP contribution in [0.15, 0.2) is 42.5 Å². The van der Waals surface area contributed by atoms with Gasteiger partial charge in [-0.15, -0.1) is 0 Å². The van der Waals surface area contributed by atoms with Crippen molar-refractivity contribution < 1.29 is 19.1 Å². The second-order valence-electron chi connectivity index (χ2n) is 6.95. The standard InChI is InChI=1S/C21H25N3O4/c1-23(14-20(26)28-2)19(25)12-18-21(27)22-10-11-24(18)13-16-8-5-7-15-6-3-4-9-17(15)16/h3-9,18H,10-14H2,1-2H3,(H,22,27)/t18-/m1/s1. The van der Waals surface area contributed by atoms with E-state index in [1.165, 1.54) is 19.1 Å². The van der Waals surface area contributed by atoms with Gasteiger partial charge in [-0.2, -0.15) is 0 Å². The van der Waals surface area contributed by atoms with Gasteiger partial charge < -0.3 is 15.0 Å². The van der Waals surface area contributed by atoms with E-state index in [0.717, 1.165) is 16.3 Å². The molecule has 2 aromatic carbocycles. The number of methoxy groups -OCH3 is 1. The van der Waals surface area contributed by atoms with Crippen molar-refractivity contribution in [1.82, 2.24) is 15.1 Å². The highest BCUT2D eigenvalue weighted by atomic mass is 16.5. The van der Waals surface area contributed by atoms with E-state index in [-0.39, 0.29) is 24.8 Å². The normalized spacial score (nSPS) is 17.2. The molecule has 2 amide bonds. The summed E-state index contributed by atoms with van der Waals surface area (Å²) in [4.78, 5) is 39.7. The predicted molar refractivity (Wildman–Crippen MR) is 105 cm³/mol. The number of piperazine rings is 1. The number of fused-ring (bicyclic) bond motifs is 1. The Hall–Kier alpha value is -2.93. The second kappa shape index (κ2) is 8.84. The van der Waals surface area contributed by atoms with Gasteiger partial charge in [0, 0.05) is 26.7 Å². The first-order valence-electron chi connectivity index (χ1n) is 9.28. The van der Waals surface area contributed by atoms with Crippen molar-refractivity contribution in [2.45, 2.75) is 19.0 Å². The zero-order chi connectivity index (χ0) is 20.1. The summed E-state index contributed by atoms with van der Waals surface area (Å²) in [5.41, 5.74) is 1.12. The molecule has 1 aliphatic rings. The SMILES string of the molecule is COC(=O)CN(C)C(=O)C[C@@H]1C(=O)NCCN1Cc1cccc2ccccc12. The average Bonchev–Trinajstić information content (AvgIpc) is 2.70. The summed E-state index contributed by atoms with van der Waals surface area (Å²) in [7, 11) is 2.82. The van der Waals surface area contributed by atoms with Crippen molar-refractivity contribution >= 4 is 28.6 Å². The highest BCUT2D eigenvalue weighted by Gasteiger charge is 2.32. The lowest BCUT2D eigenvalue weighted by molar-refractivity contribution is -0.147. The van der Waals surface area contributed by atoms with E-state index in [1.54, 1.807) is 0 Å². The number of esters is 1. The number of hydrogen-bond donors (Lipinski definition) is 1. The lowest BCUT2D eigenvalue weighted by Crippen LogP contribution is -2.56. The van der Waals surface area contributed by atoms with Crippen molar-refractivity contribution in [1.29, 1.82) is 0 Å². The van der Waals surface area contributed by atoms with Gasteiger partial charge >= 0.3 is 5.97 Å². The minimum absolute atomic E-state index is 0.0180. The molecule has 0 radical (unpaired) electrons. The van der Waals surface area contributed by atoms with Gasteiger partial charge in [0.25, 0.3) is 0 Å². The van der Waals surface area contributed by atoms with E-state index in [1.807, 2.05) is 23.1 Å². The number of likely N-dealkylation sites (N-methyl/N-ethyl adjacent to an activating group) is 1. The number of nitrogens with one attached hydrogen (secondary N) is 1. The molecule has 0 spiro atoms. The maximum Gasteiger partial charge on any atom is 0.325 e. The molecule has 7 nitrogen and oxygen atoms in total. The van der Waals surface area contributed by atoms with Crippen molar-refractivity contribution in [3.63, 3.8) is 0 Å². The molecule has 0 aromatic heterocycles. The monoisotopic (exact) mass is 383 g/mol. The molecule has 1 atom stereocenters. The first kappa shape index (κ1) is 19.8. The van der Waals surface area contributed by atoms with Gasteiger partial charge in [-0.1, -0.05) is 42.5 Å². The van der Waals surface area contributed by atoms with Gasteiger partial charge in [-0.25, -0.2) is 0 Å². The molecule has 28 heavy (non-hydrogen) atoms. The molecule has 0 unspecified atom stereocenters. The van der Waals surface area contributed by atoms with Gasteiger partial charge in [-0.3, -0.25) is 19.3 Å². The van der Waals surface area contributed by atoms with Crippen molar-refractivity contribution in [3.8, 4) is 0 Å². The fourth-order valence-corrected chi connectivity index (χ4v) is 3.49. The molecule has 1 fully saturated rings. The Bertz CT molecular complexity index is 878. The van der Waals surface area contributed by atoms with Crippen molar-refractivity contribution in [3.05, 3.63) is 48.0 Å². The number of benzene rings is 2. The van der Waals surface area contributed by atoms with Crippen molar-refractivity contribution in [2.75, 3.05) is 33.8 Å². The number of hydrogen-bond acceptors (Lipinski definition) is 5. The Labute approximate surface area is 164 Å². The van der Waals surface area contributed by atoms with Crippen LogP contribution in [0.4, 0.5) is 0 Å². The van der Waals surface area contributed by atoms with Gasteiger partial charge in [0.2, 0.25) is 11.8 Å². The van der Waals surface area contributed by atoms with E-state index < -0.39 is 12.0 Å². The molecular formula is C21H25N3O4. The molecule has 0 saturated carbocycles. The summed E-state index contributed by atoms with van der Waals surface area (Å²) in [6, 6.07) is 13.7. The molecular weight excluding hydrogens is 358 g/mol. The van der Waals surface area contributed by atoms with Crippen LogP contribution in [-0.2, 0) is 25.7 Å². The Morgan fingerprint density at radius 3 is 2.75 bits per heavy atom. The second-order valence-corrected chi connectivity index (χ2v) is 6.95. The molecule has 3 rings (SSSR count). The lowest BCUT2D eigenvalue weighted by atomic mass is 10.0. The third-order valence-corrected chi connectivity index (χ3v) is 5.08. The number of amides is 2. The molecule has 1 aliphatic heterocycles. The summed E-state index contributed by atoms with van der Waals surface area (Å²) in [6.45, 7) is 1.65. The third-order valence-electron chi connectivity index (χ3n) is 5.08. The molecule has 148 valence electrons. The number of ether oxygens (including phenoxy) is 1. The summed E-state index contributed by atoms with van der Waals surface area (Å²) in [5.74, 6) is -0.918. The van der Waals surface area contributed by atoms with E-state index in [2.05, 4.69) is 34.3 Å². The van der Waals surface area contributed by atoms with Gasteiger partial charge in [0.05, 0.1) is 19.6 Å². The van der Waals surface area contributed by atoms with Crippen LogP contribution in [-0.4, -0.2) is 67.4 Å². The number of carbonyl (C=O) groups is 3. The molecule has 0 bridgehead atoms. The minimum Gasteiger partial charge on any atom is -0.468 e. The molecule has 1 N–H and O–H groups in total. The Kier molecular flexibility index (Phi) is 6.26. The topological polar surface area (TPSA) is 78.9 Å². The molecule has 2 aromatic rings.